The van der Waals surface area contributed by atoms with Crippen molar-refractivity contribution in [1.82, 2.24) is 4.98 Å². The van der Waals surface area contributed by atoms with Gasteiger partial charge in [0, 0.05) is 0 Å². The van der Waals surface area contributed by atoms with E-state index in [1.165, 1.54) is 16.9 Å². The fourth-order valence-corrected chi connectivity index (χ4v) is 3.39. The third-order valence-corrected chi connectivity index (χ3v) is 4.51. The molecule has 23 heavy (non-hydrogen) atoms. The number of ether oxygens (including phenoxy) is 2. The SMILES string of the molecule is Cc1ccc2nc(NC(=O)C3COc4ccccc4O3)sc2c1. The molecule has 0 bridgehead atoms. The Morgan fingerprint density at radius 3 is 2.96 bits per heavy atom. The second-order valence-corrected chi connectivity index (χ2v) is 6.37. The number of hydrogen-bond acceptors (Lipinski definition) is 5. The molecule has 0 fully saturated rings. The lowest BCUT2D eigenvalue weighted by Gasteiger charge is -2.25. The summed E-state index contributed by atoms with van der Waals surface area (Å²) in [5.41, 5.74) is 2.04. The van der Waals surface area contributed by atoms with E-state index in [1.54, 1.807) is 6.07 Å². The van der Waals surface area contributed by atoms with E-state index < -0.39 is 6.10 Å². The van der Waals surface area contributed by atoms with Gasteiger partial charge in [-0.15, -0.1) is 0 Å². The molecule has 5 nitrogen and oxygen atoms in total. The van der Waals surface area contributed by atoms with E-state index in [0.717, 1.165) is 10.2 Å². The molecule has 1 aliphatic rings. The average molecular weight is 326 g/mol. The average Bonchev–Trinajstić information content (AvgIpc) is 2.95. The Labute approximate surface area is 136 Å². The number of para-hydroxylation sites is 2. The van der Waals surface area contributed by atoms with Crippen LogP contribution in [0.15, 0.2) is 42.5 Å². The van der Waals surface area contributed by atoms with Crippen molar-refractivity contribution in [2.45, 2.75) is 13.0 Å². The first-order valence-corrected chi connectivity index (χ1v) is 8.07. The molecular weight excluding hydrogens is 312 g/mol. The maximum atomic E-state index is 12.4. The van der Waals surface area contributed by atoms with Crippen molar-refractivity contribution in [1.29, 1.82) is 0 Å². The molecule has 6 heteroatoms. The van der Waals surface area contributed by atoms with Gasteiger partial charge in [0.1, 0.15) is 6.61 Å². The Morgan fingerprint density at radius 1 is 1.26 bits per heavy atom. The van der Waals surface area contributed by atoms with Gasteiger partial charge in [0.25, 0.3) is 5.91 Å². The number of hydrogen-bond donors (Lipinski definition) is 1. The van der Waals surface area contributed by atoms with Gasteiger partial charge in [0.05, 0.1) is 10.2 Å². The first-order valence-electron chi connectivity index (χ1n) is 7.25. The van der Waals surface area contributed by atoms with Crippen LogP contribution < -0.4 is 14.8 Å². The van der Waals surface area contributed by atoms with Crippen LogP contribution in [0.5, 0.6) is 11.5 Å². The quantitative estimate of drug-likeness (QED) is 0.784. The van der Waals surface area contributed by atoms with Crippen molar-refractivity contribution in [2.24, 2.45) is 0 Å². The van der Waals surface area contributed by atoms with Gasteiger partial charge in [-0.1, -0.05) is 29.5 Å². The summed E-state index contributed by atoms with van der Waals surface area (Å²) >= 11 is 1.45. The minimum Gasteiger partial charge on any atom is -0.485 e. The third-order valence-electron chi connectivity index (χ3n) is 3.58. The number of thiazole rings is 1. The van der Waals surface area contributed by atoms with E-state index in [2.05, 4.69) is 16.4 Å². The van der Waals surface area contributed by atoms with Crippen molar-refractivity contribution in [3.63, 3.8) is 0 Å². The maximum Gasteiger partial charge on any atom is 0.270 e. The molecule has 0 saturated heterocycles. The van der Waals surface area contributed by atoms with Gasteiger partial charge in [-0.3, -0.25) is 10.1 Å². The lowest BCUT2D eigenvalue weighted by atomic mass is 10.2. The second-order valence-electron chi connectivity index (χ2n) is 5.34. The molecule has 2 heterocycles. The zero-order valence-electron chi connectivity index (χ0n) is 12.4. The van der Waals surface area contributed by atoms with E-state index in [9.17, 15) is 4.79 Å². The highest BCUT2D eigenvalue weighted by Crippen LogP contribution is 2.32. The van der Waals surface area contributed by atoms with Crippen molar-refractivity contribution >= 4 is 32.6 Å². The second kappa shape index (κ2) is 5.55. The van der Waals surface area contributed by atoms with Crippen LogP contribution >= 0.6 is 11.3 Å². The molecule has 1 N–H and O–H groups in total. The normalized spacial score (nSPS) is 16.3. The number of aryl methyl sites for hydroxylation is 1. The largest absolute Gasteiger partial charge is 0.485 e. The molecule has 0 saturated carbocycles. The number of rotatable bonds is 2. The van der Waals surface area contributed by atoms with Crippen LogP contribution in [0.2, 0.25) is 0 Å². The molecule has 0 spiro atoms. The molecule has 1 unspecified atom stereocenters. The van der Waals surface area contributed by atoms with E-state index in [4.69, 9.17) is 9.47 Å². The van der Waals surface area contributed by atoms with Gasteiger partial charge in [0.15, 0.2) is 16.6 Å². The number of carbonyl (C=O) groups is 1. The van der Waals surface area contributed by atoms with Crippen LogP contribution in [-0.2, 0) is 4.79 Å². The molecule has 0 radical (unpaired) electrons. The van der Waals surface area contributed by atoms with Crippen molar-refractivity contribution < 1.29 is 14.3 Å². The minimum atomic E-state index is -0.682. The van der Waals surface area contributed by atoms with Crippen LogP contribution in [0.4, 0.5) is 5.13 Å². The molecule has 116 valence electrons. The van der Waals surface area contributed by atoms with Crippen LogP contribution in [0.3, 0.4) is 0 Å². The van der Waals surface area contributed by atoms with Crippen LogP contribution in [0.25, 0.3) is 10.2 Å². The van der Waals surface area contributed by atoms with Crippen LogP contribution in [0, 0.1) is 6.92 Å². The summed E-state index contributed by atoms with van der Waals surface area (Å²) in [6.07, 6.45) is -0.682. The fourth-order valence-electron chi connectivity index (χ4n) is 2.42. The van der Waals surface area contributed by atoms with Gasteiger partial charge in [-0.2, -0.15) is 0 Å². The predicted molar refractivity (Wildman–Crippen MR) is 89.3 cm³/mol. The van der Waals surface area contributed by atoms with Crippen molar-refractivity contribution in [2.75, 3.05) is 11.9 Å². The third kappa shape index (κ3) is 2.73. The number of nitrogens with zero attached hydrogens (tertiary/aromatic N) is 1. The van der Waals surface area contributed by atoms with E-state index in [1.807, 2.05) is 37.3 Å². The van der Waals surface area contributed by atoms with E-state index >= 15 is 0 Å². The summed E-state index contributed by atoms with van der Waals surface area (Å²) in [4.78, 5) is 16.8. The zero-order chi connectivity index (χ0) is 15.8. The highest BCUT2D eigenvalue weighted by atomic mass is 32.1. The van der Waals surface area contributed by atoms with Gasteiger partial charge < -0.3 is 9.47 Å². The molecule has 1 aliphatic heterocycles. The van der Waals surface area contributed by atoms with Crippen LogP contribution in [-0.4, -0.2) is 23.6 Å². The lowest BCUT2D eigenvalue weighted by Crippen LogP contribution is -2.40. The molecule has 3 aromatic rings. The number of carbonyl (C=O) groups excluding carboxylic acids is 1. The topological polar surface area (TPSA) is 60.5 Å². The van der Waals surface area contributed by atoms with Crippen molar-refractivity contribution in [3.05, 3.63) is 48.0 Å². The summed E-state index contributed by atoms with van der Waals surface area (Å²) in [5.74, 6) is 0.987. The molecule has 2 aromatic carbocycles. The Kier molecular flexibility index (Phi) is 3.38. The highest BCUT2D eigenvalue weighted by Gasteiger charge is 2.27. The summed E-state index contributed by atoms with van der Waals surface area (Å²) in [6.45, 7) is 2.22. The molecule has 1 aromatic heterocycles. The Bertz CT molecular complexity index is 890. The lowest BCUT2D eigenvalue weighted by molar-refractivity contribution is -0.125. The van der Waals surface area contributed by atoms with Gasteiger partial charge in [-0.05, 0) is 36.8 Å². The molecule has 1 atom stereocenters. The monoisotopic (exact) mass is 326 g/mol. The number of fused-ring (bicyclic) bond motifs is 2. The zero-order valence-corrected chi connectivity index (χ0v) is 13.2. The summed E-state index contributed by atoms with van der Waals surface area (Å²) < 4.78 is 12.3. The van der Waals surface area contributed by atoms with Crippen molar-refractivity contribution in [3.8, 4) is 11.5 Å². The first kappa shape index (κ1) is 14.0. The standard InChI is InChI=1S/C17H14N2O3S/c1-10-6-7-11-15(8-10)23-17(18-11)19-16(20)14-9-21-12-4-2-3-5-13(12)22-14/h2-8,14H,9H2,1H3,(H,18,19,20). The van der Waals surface area contributed by atoms with E-state index in [0.29, 0.717) is 16.6 Å². The summed E-state index contributed by atoms with van der Waals surface area (Å²) in [5, 5.41) is 3.38. The summed E-state index contributed by atoms with van der Waals surface area (Å²) in [7, 11) is 0. The Morgan fingerprint density at radius 2 is 2.09 bits per heavy atom. The summed E-state index contributed by atoms with van der Waals surface area (Å²) in [6, 6.07) is 13.3. The highest BCUT2D eigenvalue weighted by molar-refractivity contribution is 7.22. The number of amides is 1. The molecule has 0 aliphatic carbocycles. The van der Waals surface area contributed by atoms with Gasteiger partial charge in [-0.25, -0.2) is 4.98 Å². The van der Waals surface area contributed by atoms with Gasteiger partial charge in [0.2, 0.25) is 6.10 Å². The molecule has 4 rings (SSSR count). The fraction of sp³-hybridized carbons (Fsp3) is 0.176. The first-order chi connectivity index (χ1) is 11.2. The van der Waals surface area contributed by atoms with E-state index in [-0.39, 0.29) is 12.5 Å². The van der Waals surface area contributed by atoms with Gasteiger partial charge >= 0.3 is 0 Å². The molecular formula is C17H14N2O3S. The maximum absolute atomic E-state index is 12.4. The Hall–Kier alpha value is -2.60. The molecule has 1 amide bonds. The number of anilines is 1. The van der Waals surface area contributed by atoms with Crippen LogP contribution in [0.1, 0.15) is 5.56 Å². The Balaban J connectivity index is 1.51. The number of aromatic nitrogens is 1. The minimum absolute atomic E-state index is 0.187. The smallest absolute Gasteiger partial charge is 0.270 e. The number of nitrogens with one attached hydrogen (secondary N) is 1. The number of benzene rings is 2. The predicted octanol–water partition coefficient (Wildman–Crippen LogP) is 3.38.